The molecule has 4 heterocycles. The zero-order valence-electron chi connectivity index (χ0n) is 33.7. The second kappa shape index (κ2) is 17.1. The van der Waals surface area contributed by atoms with Crippen molar-refractivity contribution in [2.24, 2.45) is 5.92 Å². The number of hydrogen-bond donors (Lipinski definition) is 3. The van der Waals surface area contributed by atoms with Crippen LogP contribution >= 0.6 is 11.6 Å². The first-order valence-electron chi connectivity index (χ1n) is 19.3. The molecule has 312 valence electrons. The Morgan fingerprint density at radius 2 is 1.84 bits per heavy atom. The molecule has 3 fully saturated rings. The molecule has 0 spiro atoms. The van der Waals surface area contributed by atoms with Crippen LogP contribution in [0, 0.1) is 5.92 Å². The van der Waals surface area contributed by atoms with E-state index in [1.807, 2.05) is 13.0 Å². The molecule has 4 unspecified atom stereocenters. The number of nitrogens with zero attached hydrogens (tertiary/aromatic N) is 2. The summed E-state index contributed by atoms with van der Waals surface area (Å²) in [5.74, 6) is -1.48. The molecule has 4 aliphatic rings. The number of carbonyl (C=O) groups is 5. The maximum absolute atomic E-state index is 14.3. The van der Waals surface area contributed by atoms with Crippen molar-refractivity contribution >= 4 is 52.8 Å². The summed E-state index contributed by atoms with van der Waals surface area (Å²) in [6.45, 7) is 7.16. The number of urea groups is 1. The van der Waals surface area contributed by atoms with Gasteiger partial charge in [-0.2, -0.15) is 0 Å². The van der Waals surface area contributed by atoms with E-state index in [-0.39, 0.29) is 30.2 Å². The van der Waals surface area contributed by atoms with Gasteiger partial charge in [0.05, 0.1) is 25.3 Å². The summed E-state index contributed by atoms with van der Waals surface area (Å²) in [6.07, 6.45) is 1.60. The number of hydrogen-bond acceptors (Lipinski definition) is 11. The molecule has 58 heavy (non-hydrogen) atoms. The quantitative estimate of drug-likeness (QED) is 0.188. The Morgan fingerprint density at radius 3 is 2.52 bits per heavy atom. The van der Waals surface area contributed by atoms with Gasteiger partial charge >= 0.3 is 18.1 Å². The van der Waals surface area contributed by atoms with Crippen molar-refractivity contribution in [3.8, 4) is 5.75 Å². The summed E-state index contributed by atoms with van der Waals surface area (Å²) >= 11 is 6.79. The van der Waals surface area contributed by atoms with E-state index in [4.69, 9.17) is 35.3 Å². The Balaban J connectivity index is 1.32. The van der Waals surface area contributed by atoms with Gasteiger partial charge in [0.25, 0.3) is 0 Å². The van der Waals surface area contributed by atoms with Gasteiger partial charge in [-0.05, 0) is 82.0 Å². The number of benzene rings is 2. The highest BCUT2D eigenvalue weighted by molar-refractivity contribution is 6.35. The van der Waals surface area contributed by atoms with Crippen LogP contribution in [0.15, 0.2) is 60.2 Å². The van der Waals surface area contributed by atoms with Gasteiger partial charge in [-0.3, -0.25) is 14.9 Å². The fraction of sp³-hybridized carbons (Fsp3) is 0.500. The predicted molar refractivity (Wildman–Crippen MR) is 214 cm³/mol. The second-order valence-corrected chi connectivity index (χ2v) is 16.0. The number of anilines is 2. The lowest BCUT2D eigenvalue weighted by Gasteiger charge is -2.42. The van der Waals surface area contributed by atoms with Gasteiger partial charge in [0, 0.05) is 44.3 Å². The largest absolute Gasteiger partial charge is 0.495 e. The molecule has 16 heteroatoms. The van der Waals surface area contributed by atoms with Gasteiger partial charge in [0.1, 0.15) is 40.7 Å². The van der Waals surface area contributed by atoms with Crippen molar-refractivity contribution < 1.29 is 52.8 Å². The van der Waals surface area contributed by atoms with Crippen molar-refractivity contribution in [2.75, 3.05) is 38.0 Å². The molecule has 4 bridgehead atoms. The summed E-state index contributed by atoms with van der Waals surface area (Å²) in [6, 6.07) is 8.51. The fourth-order valence-electron chi connectivity index (χ4n) is 8.06. The number of allylic oxidation sites excluding steroid dienone is 3. The van der Waals surface area contributed by atoms with E-state index in [2.05, 4.69) is 10.6 Å². The van der Waals surface area contributed by atoms with Crippen LogP contribution < -0.4 is 20.3 Å². The molecule has 8 atom stereocenters. The van der Waals surface area contributed by atoms with Crippen LogP contribution in [-0.2, 0) is 35.0 Å². The number of nitrogens with one attached hydrogen (secondary N) is 2. The topological polar surface area (TPSA) is 186 Å². The molecule has 4 aliphatic heterocycles. The van der Waals surface area contributed by atoms with Gasteiger partial charge in [-0.1, -0.05) is 42.3 Å². The standard InChI is InChI=1S/C42H51ClN4O11/c1-23-10-8-12-33(55-7)42(53)22-32(56-40(52)45-42)24(2)37-41(4,58-37)34(21-35(49)46(5)30-19-26(18-23)20-31(54-6)36(30)43)57-38(50)29-11-9-17-47(29)39(51)44-28-15-13-27(14-16-28)25(3)48/h8,10,12-16,19-20,24,29,32-34,37,53H,9,11,17-18,21-22H2,1-7H3,(H,44,51)(H,45,52)/b12-8+,23-10+/t24?,29?,32-,33+,34-,37?,41?,42-/m0/s1. The van der Waals surface area contributed by atoms with E-state index in [0.29, 0.717) is 42.0 Å². The molecule has 15 nitrogen and oxygen atoms in total. The third-order valence-electron chi connectivity index (χ3n) is 11.5. The number of ether oxygens (including phenoxy) is 5. The molecule has 3 N–H and O–H groups in total. The van der Waals surface area contributed by atoms with Gasteiger partial charge in [-0.15, -0.1) is 0 Å². The Bertz CT molecular complexity index is 2010. The average Bonchev–Trinajstić information content (AvgIpc) is 3.62. The first-order valence-corrected chi connectivity index (χ1v) is 19.6. The lowest BCUT2D eigenvalue weighted by atomic mass is 9.83. The summed E-state index contributed by atoms with van der Waals surface area (Å²) in [5.41, 5.74) is -0.0723. The molecular weight excluding hydrogens is 772 g/mol. The van der Waals surface area contributed by atoms with Crippen LogP contribution in [0.1, 0.15) is 69.3 Å². The average molecular weight is 823 g/mol. The molecule has 0 saturated carbocycles. The van der Waals surface area contributed by atoms with Crippen LogP contribution in [0.5, 0.6) is 5.75 Å². The van der Waals surface area contributed by atoms with Gasteiger partial charge < -0.3 is 43.9 Å². The van der Waals surface area contributed by atoms with E-state index in [1.165, 1.54) is 30.9 Å². The van der Waals surface area contributed by atoms with E-state index < -0.39 is 71.7 Å². The Morgan fingerprint density at radius 1 is 1.12 bits per heavy atom. The number of ketones is 1. The van der Waals surface area contributed by atoms with E-state index in [9.17, 15) is 29.1 Å². The van der Waals surface area contributed by atoms with Crippen LogP contribution in [0.4, 0.5) is 21.0 Å². The van der Waals surface area contributed by atoms with Crippen molar-refractivity contribution in [3.05, 3.63) is 76.3 Å². The number of esters is 1. The SMILES string of the molecule is COc1cc2cc(c1Cl)N(C)C(=O)C[C@H](OC(=O)C1CCCN1C(=O)Nc1ccc(C(C)=O)cc1)C1(C)OC1C(C)[C@@H]1C[C@@](O)(NC(=O)O1)[C@H](OC)/C=C/C=C(\C)C2. The number of alkyl carbamates (subject to hydrolysis) is 1. The summed E-state index contributed by atoms with van der Waals surface area (Å²) in [4.78, 5) is 69.3. The number of amides is 4. The van der Waals surface area contributed by atoms with Crippen molar-refractivity contribution in [1.29, 1.82) is 0 Å². The van der Waals surface area contributed by atoms with Crippen molar-refractivity contribution in [1.82, 2.24) is 10.2 Å². The van der Waals surface area contributed by atoms with Gasteiger partial charge in [0.15, 0.2) is 11.5 Å². The Kier molecular flexibility index (Phi) is 12.6. The lowest BCUT2D eigenvalue weighted by Crippen LogP contribution is -2.63. The van der Waals surface area contributed by atoms with Crippen molar-refractivity contribution in [3.63, 3.8) is 0 Å². The van der Waals surface area contributed by atoms with Crippen molar-refractivity contribution in [2.45, 2.75) is 102 Å². The number of carbonyl (C=O) groups excluding carboxylic acids is 5. The van der Waals surface area contributed by atoms with E-state index in [1.54, 1.807) is 69.4 Å². The lowest BCUT2D eigenvalue weighted by molar-refractivity contribution is -0.158. The molecule has 6 rings (SSSR count). The third kappa shape index (κ3) is 8.87. The molecule has 0 radical (unpaired) electrons. The smallest absolute Gasteiger partial charge is 0.409 e. The van der Waals surface area contributed by atoms with E-state index >= 15 is 0 Å². The van der Waals surface area contributed by atoms with Crippen LogP contribution in [0.3, 0.4) is 0 Å². The van der Waals surface area contributed by atoms with Gasteiger partial charge in [-0.25, -0.2) is 14.4 Å². The normalized spacial score (nSPS) is 31.5. The number of halogens is 1. The maximum Gasteiger partial charge on any atom is 0.409 e. The fourth-order valence-corrected chi connectivity index (χ4v) is 8.38. The highest BCUT2D eigenvalue weighted by atomic mass is 35.5. The minimum absolute atomic E-state index is 0.0682. The summed E-state index contributed by atoms with van der Waals surface area (Å²) < 4.78 is 29.5. The maximum atomic E-state index is 14.3. The monoisotopic (exact) mass is 822 g/mol. The number of aliphatic hydroxyl groups is 1. The van der Waals surface area contributed by atoms with Crippen LogP contribution in [0.2, 0.25) is 5.02 Å². The zero-order valence-corrected chi connectivity index (χ0v) is 34.5. The molecule has 2 aromatic carbocycles. The van der Waals surface area contributed by atoms with Gasteiger partial charge in [0.2, 0.25) is 5.91 Å². The first-order chi connectivity index (χ1) is 27.5. The number of Topliss-reactive ketones (excluding diaryl/α,β-unsaturated/α-hetero) is 1. The first kappa shape index (κ1) is 42.6. The highest BCUT2D eigenvalue weighted by Gasteiger charge is 2.64. The number of rotatable bonds is 6. The molecule has 4 amide bonds. The molecule has 2 aromatic rings. The van der Waals surface area contributed by atoms with Crippen LogP contribution in [-0.4, -0.2) is 109 Å². The number of epoxide rings is 1. The zero-order chi connectivity index (χ0) is 42.1. The Hall–Kier alpha value is -4.96. The molecule has 0 aromatic heterocycles. The second-order valence-electron chi connectivity index (χ2n) is 15.6. The highest BCUT2D eigenvalue weighted by Crippen LogP contribution is 2.49. The summed E-state index contributed by atoms with van der Waals surface area (Å²) in [5, 5.41) is 17.3. The van der Waals surface area contributed by atoms with Crippen LogP contribution in [0.25, 0.3) is 0 Å². The predicted octanol–water partition coefficient (Wildman–Crippen LogP) is 5.57. The summed E-state index contributed by atoms with van der Waals surface area (Å²) in [7, 11) is 4.48. The Labute approximate surface area is 342 Å². The minimum Gasteiger partial charge on any atom is -0.495 e. The molecule has 3 saturated heterocycles. The minimum atomic E-state index is -1.85. The number of likely N-dealkylation sites (tertiary alicyclic amines) is 1. The molecule has 0 aliphatic carbocycles. The van der Waals surface area contributed by atoms with E-state index in [0.717, 1.165) is 11.1 Å². The number of methoxy groups -OCH3 is 2. The molecular formula is C42H51ClN4O11. The third-order valence-corrected chi connectivity index (χ3v) is 11.9. The number of fused-ring (bicyclic) bond motifs is 5.